The van der Waals surface area contributed by atoms with Gasteiger partial charge in [0.05, 0.1) is 6.61 Å². The molecule has 0 aromatic heterocycles. The fraction of sp³-hybridized carbons (Fsp3) is 0.750. The van der Waals surface area contributed by atoms with Gasteiger partial charge >= 0.3 is 0 Å². The van der Waals surface area contributed by atoms with E-state index in [1.54, 1.807) is 0 Å². The SMILES string of the molecule is CCCCCOC(C=O)=NOC. The minimum atomic E-state index is 0.00797. The standard InChI is InChI=1S/C8H15NO3/c1-3-4-5-6-12-8(7-10)9-11-2/h7H,3-6H2,1-2H3. The molecule has 4 heteroatoms. The molecule has 0 bridgehead atoms. The maximum Gasteiger partial charge on any atom is 0.290 e. The molecule has 0 aliphatic carbocycles. The van der Waals surface area contributed by atoms with Crippen molar-refractivity contribution in [3.05, 3.63) is 0 Å². The number of carbonyl (C=O) groups excluding carboxylic acids is 1. The predicted molar refractivity (Wildman–Crippen MR) is 46.0 cm³/mol. The van der Waals surface area contributed by atoms with Gasteiger partial charge in [-0.15, -0.1) is 0 Å². The van der Waals surface area contributed by atoms with Crippen molar-refractivity contribution < 1.29 is 14.4 Å². The average Bonchev–Trinajstić information content (AvgIpc) is 2.10. The highest BCUT2D eigenvalue weighted by atomic mass is 16.6. The second kappa shape index (κ2) is 8.04. The molecule has 0 saturated carbocycles. The first-order valence-corrected chi connectivity index (χ1v) is 4.04. The normalized spacial score (nSPS) is 11.0. The molecule has 70 valence electrons. The minimum absolute atomic E-state index is 0.00797. The monoisotopic (exact) mass is 173 g/mol. The van der Waals surface area contributed by atoms with Crippen molar-refractivity contribution in [2.24, 2.45) is 5.16 Å². The molecule has 0 aromatic carbocycles. The second-order valence-electron chi connectivity index (χ2n) is 2.29. The fourth-order valence-corrected chi connectivity index (χ4v) is 0.701. The van der Waals surface area contributed by atoms with E-state index in [0.717, 1.165) is 19.3 Å². The highest BCUT2D eigenvalue weighted by molar-refractivity contribution is 6.23. The van der Waals surface area contributed by atoms with Gasteiger partial charge in [-0.2, -0.15) is 0 Å². The molecule has 0 spiro atoms. The van der Waals surface area contributed by atoms with Crippen LogP contribution in [0.2, 0.25) is 0 Å². The van der Waals surface area contributed by atoms with Gasteiger partial charge in [-0.3, -0.25) is 4.79 Å². The van der Waals surface area contributed by atoms with E-state index >= 15 is 0 Å². The summed E-state index contributed by atoms with van der Waals surface area (Å²) >= 11 is 0. The number of hydrogen-bond donors (Lipinski definition) is 0. The van der Waals surface area contributed by atoms with Crippen LogP contribution in [-0.4, -0.2) is 25.9 Å². The summed E-state index contributed by atoms with van der Waals surface area (Å²) in [4.78, 5) is 14.6. The smallest absolute Gasteiger partial charge is 0.290 e. The van der Waals surface area contributed by atoms with Crippen molar-refractivity contribution in [1.29, 1.82) is 0 Å². The van der Waals surface area contributed by atoms with Crippen LogP contribution in [0, 0.1) is 0 Å². The molecule has 0 saturated heterocycles. The summed E-state index contributed by atoms with van der Waals surface area (Å²) in [5, 5.41) is 3.37. The minimum Gasteiger partial charge on any atom is -0.473 e. The van der Waals surface area contributed by atoms with Crippen molar-refractivity contribution in [2.45, 2.75) is 26.2 Å². The quantitative estimate of drug-likeness (QED) is 0.200. The van der Waals surface area contributed by atoms with Crippen LogP contribution in [0.4, 0.5) is 0 Å². The summed E-state index contributed by atoms with van der Waals surface area (Å²) in [6.45, 7) is 2.62. The highest BCUT2D eigenvalue weighted by Gasteiger charge is 1.97. The molecular weight excluding hydrogens is 158 g/mol. The Morgan fingerprint density at radius 3 is 2.75 bits per heavy atom. The molecular formula is C8H15NO3. The van der Waals surface area contributed by atoms with Crippen molar-refractivity contribution in [3.8, 4) is 0 Å². The third-order valence-corrected chi connectivity index (χ3v) is 1.28. The molecule has 0 N–H and O–H groups in total. The average molecular weight is 173 g/mol. The lowest BCUT2D eigenvalue weighted by atomic mass is 10.3. The van der Waals surface area contributed by atoms with Gasteiger partial charge in [0, 0.05) is 0 Å². The van der Waals surface area contributed by atoms with Gasteiger partial charge in [-0.05, 0) is 11.6 Å². The molecule has 0 fully saturated rings. The maximum atomic E-state index is 10.2. The Morgan fingerprint density at radius 1 is 1.50 bits per heavy atom. The van der Waals surface area contributed by atoms with Crippen LogP contribution >= 0.6 is 0 Å². The molecule has 0 rings (SSSR count). The molecule has 0 amide bonds. The molecule has 0 atom stereocenters. The molecule has 0 radical (unpaired) electrons. The van der Waals surface area contributed by atoms with Crippen LogP contribution in [-0.2, 0) is 14.4 Å². The number of ether oxygens (including phenoxy) is 1. The van der Waals surface area contributed by atoms with Crippen molar-refractivity contribution in [2.75, 3.05) is 13.7 Å². The predicted octanol–water partition coefficient (Wildman–Crippen LogP) is 1.35. The van der Waals surface area contributed by atoms with E-state index in [0.29, 0.717) is 12.9 Å². The topological polar surface area (TPSA) is 47.9 Å². The van der Waals surface area contributed by atoms with Crippen LogP contribution in [0.5, 0.6) is 0 Å². The number of rotatable bonds is 6. The number of hydrogen-bond acceptors (Lipinski definition) is 4. The van der Waals surface area contributed by atoms with Gasteiger partial charge in [0.1, 0.15) is 7.11 Å². The number of carbonyl (C=O) groups is 1. The van der Waals surface area contributed by atoms with E-state index < -0.39 is 0 Å². The van der Waals surface area contributed by atoms with Crippen molar-refractivity contribution >= 4 is 12.2 Å². The summed E-state index contributed by atoms with van der Waals surface area (Å²) in [5.41, 5.74) is 0. The van der Waals surface area contributed by atoms with Gasteiger partial charge in [-0.1, -0.05) is 19.8 Å². The van der Waals surface area contributed by atoms with Gasteiger partial charge < -0.3 is 9.57 Å². The van der Waals surface area contributed by atoms with Crippen LogP contribution in [0.25, 0.3) is 0 Å². The summed E-state index contributed by atoms with van der Waals surface area (Å²) in [5.74, 6) is 0.00797. The molecule has 0 aromatic rings. The first-order chi connectivity index (χ1) is 5.85. The van der Waals surface area contributed by atoms with Gasteiger partial charge in [0.2, 0.25) is 6.29 Å². The van der Waals surface area contributed by atoms with Crippen LogP contribution in [0.1, 0.15) is 26.2 Å². The summed E-state index contributed by atoms with van der Waals surface area (Å²) < 4.78 is 4.99. The van der Waals surface area contributed by atoms with E-state index in [9.17, 15) is 4.79 Å². The van der Waals surface area contributed by atoms with Crippen LogP contribution in [0.3, 0.4) is 0 Å². The zero-order chi connectivity index (χ0) is 9.23. The number of nitrogens with zero attached hydrogens (tertiary/aromatic N) is 1. The zero-order valence-electron chi connectivity index (χ0n) is 7.58. The molecule has 12 heavy (non-hydrogen) atoms. The summed E-state index contributed by atoms with van der Waals surface area (Å²) in [6, 6.07) is 0. The summed E-state index contributed by atoms with van der Waals surface area (Å²) in [7, 11) is 1.37. The Bertz CT molecular complexity index is 145. The Kier molecular flexibility index (Phi) is 7.33. The lowest BCUT2D eigenvalue weighted by Crippen LogP contribution is -2.07. The molecule has 0 unspecified atom stereocenters. The fourth-order valence-electron chi connectivity index (χ4n) is 0.701. The number of aldehydes is 1. The van der Waals surface area contributed by atoms with E-state index in [-0.39, 0.29) is 5.90 Å². The lowest BCUT2D eigenvalue weighted by molar-refractivity contribution is -0.104. The van der Waals surface area contributed by atoms with Gasteiger partial charge in [0.15, 0.2) is 0 Å². The van der Waals surface area contributed by atoms with Gasteiger partial charge in [0.25, 0.3) is 5.90 Å². The maximum absolute atomic E-state index is 10.2. The lowest BCUT2D eigenvalue weighted by Gasteiger charge is -2.01. The van der Waals surface area contributed by atoms with E-state index in [1.165, 1.54) is 7.11 Å². The molecule has 0 heterocycles. The van der Waals surface area contributed by atoms with E-state index in [2.05, 4.69) is 16.9 Å². The molecule has 4 nitrogen and oxygen atoms in total. The van der Waals surface area contributed by atoms with E-state index in [1.807, 2.05) is 0 Å². The third-order valence-electron chi connectivity index (χ3n) is 1.28. The third kappa shape index (κ3) is 5.70. The van der Waals surface area contributed by atoms with Crippen molar-refractivity contribution in [1.82, 2.24) is 0 Å². The second-order valence-corrected chi connectivity index (χ2v) is 2.29. The van der Waals surface area contributed by atoms with Crippen LogP contribution in [0.15, 0.2) is 5.16 Å². The van der Waals surface area contributed by atoms with Crippen molar-refractivity contribution in [3.63, 3.8) is 0 Å². The first kappa shape index (κ1) is 10.9. The number of oxime groups is 1. The Balaban J connectivity index is 3.45. The molecule has 0 aliphatic rings. The van der Waals surface area contributed by atoms with Crippen LogP contribution < -0.4 is 0 Å². The Hall–Kier alpha value is -1.06. The largest absolute Gasteiger partial charge is 0.473 e. The first-order valence-electron chi connectivity index (χ1n) is 4.04. The van der Waals surface area contributed by atoms with E-state index in [4.69, 9.17) is 4.74 Å². The number of unbranched alkanes of at least 4 members (excludes halogenated alkanes) is 2. The Labute approximate surface area is 72.5 Å². The zero-order valence-corrected chi connectivity index (χ0v) is 7.58. The Morgan fingerprint density at radius 2 is 2.25 bits per heavy atom. The highest BCUT2D eigenvalue weighted by Crippen LogP contribution is 1.94. The van der Waals surface area contributed by atoms with Gasteiger partial charge in [-0.25, -0.2) is 0 Å². The summed E-state index contributed by atoms with van der Waals surface area (Å²) in [6.07, 6.45) is 3.70. The molecule has 0 aliphatic heterocycles.